The molecule has 0 atom stereocenters. The van der Waals surface area contributed by atoms with Gasteiger partial charge in [-0.05, 0) is 72.3 Å². The number of aromatic nitrogens is 3. The van der Waals surface area contributed by atoms with Crippen molar-refractivity contribution in [3.05, 3.63) is 90.6 Å². The van der Waals surface area contributed by atoms with E-state index in [1.807, 2.05) is 25.4 Å². The summed E-state index contributed by atoms with van der Waals surface area (Å²) in [5.41, 5.74) is 6.69. The Morgan fingerprint density at radius 3 is 2.03 bits per heavy atom. The third-order valence-corrected chi connectivity index (χ3v) is 7.55. The van der Waals surface area contributed by atoms with E-state index in [9.17, 15) is 8.78 Å². The van der Waals surface area contributed by atoms with Gasteiger partial charge in [0.15, 0.2) is 0 Å². The van der Waals surface area contributed by atoms with Crippen LogP contribution in [0, 0.1) is 11.6 Å². The molecule has 0 saturated carbocycles. The molecule has 3 aromatic carbocycles. The lowest BCUT2D eigenvalue weighted by atomic mass is 10.1. The number of halogens is 2. The number of H-pyrrole nitrogens is 2. The Balaban J connectivity index is 1.27. The van der Waals surface area contributed by atoms with Crippen LogP contribution >= 0.6 is 11.8 Å². The molecule has 35 heavy (non-hydrogen) atoms. The zero-order valence-corrected chi connectivity index (χ0v) is 19.4. The third kappa shape index (κ3) is 3.31. The van der Waals surface area contributed by atoms with E-state index in [1.165, 1.54) is 24.3 Å². The summed E-state index contributed by atoms with van der Waals surface area (Å²) in [6.45, 7) is 0. The Hall–Kier alpha value is -4.10. The molecule has 0 bridgehead atoms. The third-order valence-electron chi connectivity index (χ3n) is 6.48. The molecule has 4 heterocycles. The van der Waals surface area contributed by atoms with Crippen LogP contribution in [-0.2, 0) is 0 Å². The fraction of sp³-hybridized carbons (Fsp3) is 0.0357. The highest BCUT2D eigenvalue weighted by Gasteiger charge is 2.23. The molecule has 0 aliphatic carbocycles. The van der Waals surface area contributed by atoms with E-state index in [0.717, 1.165) is 65.6 Å². The second-order valence-electron chi connectivity index (χ2n) is 8.72. The predicted octanol–water partition coefficient (Wildman–Crippen LogP) is 7.89. The smallest absolute Gasteiger partial charge is 0.146 e. The van der Waals surface area contributed by atoms with Gasteiger partial charge in [0.25, 0.3) is 0 Å². The number of aromatic amines is 2. The summed E-state index contributed by atoms with van der Waals surface area (Å²) >= 11 is 1.67. The molecule has 4 nitrogen and oxygen atoms in total. The average Bonchev–Trinajstić information content (AvgIpc) is 3.47. The molecule has 1 aliphatic heterocycles. The second-order valence-corrected chi connectivity index (χ2v) is 9.80. The van der Waals surface area contributed by atoms with Crippen LogP contribution in [0.4, 0.5) is 20.3 Å². The summed E-state index contributed by atoms with van der Waals surface area (Å²) in [5, 5.41) is 1.68. The van der Waals surface area contributed by atoms with Crippen LogP contribution in [0.5, 0.6) is 0 Å². The van der Waals surface area contributed by atoms with Gasteiger partial charge in [-0.25, -0.2) is 13.8 Å². The van der Waals surface area contributed by atoms with Crippen molar-refractivity contribution in [2.24, 2.45) is 0 Å². The van der Waals surface area contributed by atoms with Crippen molar-refractivity contribution in [3.63, 3.8) is 0 Å². The molecular formula is C28H18F2N4S. The number of benzene rings is 3. The standard InChI is InChI=1S/C28H18F2N4S/c1-34-25-7-2-15(23-10-16-8-19(29)3-5-21(16)32-23)12-26(25)35-27-13-18(14-31-28(27)34)24-11-17-9-20(30)4-6-22(17)33-24/h2-14,32-33H,1H3. The number of anilines is 2. The maximum absolute atomic E-state index is 13.6. The molecule has 170 valence electrons. The van der Waals surface area contributed by atoms with E-state index in [1.54, 1.807) is 23.9 Å². The zero-order valence-electron chi connectivity index (χ0n) is 18.6. The second kappa shape index (κ2) is 7.45. The molecule has 2 N–H and O–H groups in total. The largest absolute Gasteiger partial charge is 0.355 e. The Labute approximate surface area is 203 Å². The molecule has 0 spiro atoms. The van der Waals surface area contributed by atoms with Crippen LogP contribution < -0.4 is 4.90 Å². The van der Waals surface area contributed by atoms with Crippen LogP contribution in [0.3, 0.4) is 0 Å². The van der Waals surface area contributed by atoms with E-state index < -0.39 is 0 Å². The normalized spacial score (nSPS) is 12.8. The molecule has 7 heteroatoms. The van der Waals surface area contributed by atoms with Gasteiger partial charge >= 0.3 is 0 Å². The number of nitrogens with one attached hydrogen (secondary N) is 2. The van der Waals surface area contributed by atoms with Gasteiger partial charge in [0.1, 0.15) is 17.5 Å². The van der Waals surface area contributed by atoms with Gasteiger partial charge in [0.2, 0.25) is 0 Å². The first-order valence-corrected chi connectivity index (χ1v) is 12.0. The van der Waals surface area contributed by atoms with Crippen LogP contribution in [0.2, 0.25) is 0 Å². The van der Waals surface area contributed by atoms with Crippen molar-refractivity contribution in [2.45, 2.75) is 9.79 Å². The predicted molar refractivity (Wildman–Crippen MR) is 137 cm³/mol. The molecule has 0 amide bonds. The number of fused-ring (bicyclic) bond motifs is 4. The first-order chi connectivity index (χ1) is 17.0. The summed E-state index contributed by atoms with van der Waals surface area (Å²) < 4.78 is 27.3. The Bertz CT molecular complexity index is 1660. The van der Waals surface area contributed by atoms with Crippen molar-refractivity contribution in [2.75, 3.05) is 11.9 Å². The monoisotopic (exact) mass is 480 g/mol. The van der Waals surface area contributed by atoms with E-state index >= 15 is 0 Å². The maximum Gasteiger partial charge on any atom is 0.146 e. The van der Waals surface area contributed by atoms with Crippen molar-refractivity contribution < 1.29 is 8.78 Å². The van der Waals surface area contributed by atoms with Gasteiger partial charge in [-0.2, -0.15) is 0 Å². The van der Waals surface area contributed by atoms with Crippen molar-refractivity contribution in [1.82, 2.24) is 15.0 Å². The number of hydrogen-bond acceptors (Lipinski definition) is 3. The molecule has 1 aliphatic rings. The van der Waals surface area contributed by atoms with Gasteiger partial charge in [0.05, 0.1) is 10.6 Å². The summed E-state index contributed by atoms with van der Waals surface area (Å²) in [6.07, 6.45) is 1.85. The molecule has 0 unspecified atom stereocenters. The minimum atomic E-state index is -0.253. The highest BCUT2D eigenvalue weighted by molar-refractivity contribution is 7.99. The summed E-state index contributed by atoms with van der Waals surface area (Å²) in [6, 6.07) is 21.8. The van der Waals surface area contributed by atoms with Gasteiger partial charge < -0.3 is 14.9 Å². The van der Waals surface area contributed by atoms with Gasteiger partial charge in [-0.3, -0.25) is 0 Å². The molecule has 7 rings (SSSR count). The fourth-order valence-electron chi connectivity index (χ4n) is 4.70. The number of rotatable bonds is 2. The number of hydrogen-bond donors (Lipinski definition) is 2. The van der Waals surface area contributed by atoms with E-state index in [2.05, 4.69) is 39.1 Å². The van der Waals surface area contributed by atoms with Crippen molar-refractivity contribution in [3.8, 4) is 22.5 Å². The van der Waals surface area contributed by atoms with Crippen molar-refractivity contribution in [1.29, 1.82) is 0 Å². The maximum atomic E-state index is 13.6. The molecule has 0 saturated heterocycles. The molecular weight excluding hydrogens is 462 g/mol. The fourth-order valence-corrected chi connectivity index (χ4v) is 5.90. The molecule has 3 aromatic heterocycles. The van der Waals surface area contributed by atoms with Crippen LogP contribution in [-0.4, -0.2) is 22.0 Å². The first kappa shape index (κ1) is 20.3. The lowest BCUT2D eigenvalue weighted by molar-refractivity contribution is 0.629. The van der Waals surface area contributed by atoms with Crippen LogP contribution in [0.25, 0.3) is 44.3 Å². The van der Waals surface area contributed by atoms with Crippen LogP contribution in [0.1, 0.15) is 0 Å². The van der Waals surface area contributed by atoms with E-state index in [4.69, 9.17) is 4.98 Å². The van der Waals surface area contributed by atoms with Crippen LogP contribution in [0.15, 0.2) is 88.8 Å². The van der Waals surface area contributed by atoms with Gasteiger partial charge in [-0.15, -0.1) is 0 Å². The topological polar surface area (TPSA) is 47.7 Å². The van der Waals surface area contributed by atoms with E-state index in [-0.39, 0.29) is 11.6 Å². The number of pyridine rings is 1. The minimum Gasteiger partial charge on any atom is -0.355 e. The number of nitrogens with zero attached hydrogens (tertiary/aromatic N) is 2. The highest BCUT2D eigenvalue weighted by atomic mass is 32.2. The lowest BCUT2D eigenvalue weighted by Gasteiger charge is -2.28. The minimum absolute atomic E-state index is 0.245. The van der Waals surface area contributed by atoms with Gasteiger partial charge in [-0.1, -0.05) is 17.8 Å². The SMILES string of the molecule is CN1c2ccc(-c3cc4cc(F)ccc4[nH]3)cc2Sc2cc(-c3cc4cc(F)ccc4[nH]3)cnc21. The van der Waals surface area contributed by atoms with E-state index in [0.29, 0.717) is 0 Å². The summed E-state index contributed by atoms with van der Waals surface area (Å²) in [7, 11) is 2.02. The quantitative estimate of drug-likeness (QED) is 0.265. The molecule has 0 fully saturated rings. The Morgan fingerprint density at radius 2 is 1.34 bits per heavy atom. The van der Waals surface area contributed by atoms with Gasteiger partial charge in [0, 0.05) is 56.9 Å². The first-order valence-electron chi connectivity index (χ1n) is 11.1. The summed E-state index contributed by atoms with van der Waals surface area (Å²) in [5.74, 6) is 0.393. The molecule has 6 aromatic rings. The average molecular weight is 481 g/mol. The molecule has 0 radical (unpaired) electrons. The summed E-state index contributed by atoms with van der Waals surface area (Å²) in [4.78, 5) is 15.7. The highest BCUT2D eigenvalue weighted by Crippen LogP contribution is 2.48. The Morgan fingerprint density at radius 1 is 0.714 bits per heavy atom. The Kier molecular flexibility index (Phi) is 4.32. The lowest BCUT2D eigenvalue weighted by Crippen LogP contribution is -2.16. The van der Waals surface area contributed by atoms with Crippen molar-refractivity contribution >= 4 is 45.1 Å². The zero-order chi connectivity index (χ0) is 23.7.